The minimum Gasteiger partial charge on any atom is -0.166 e. The fraction of sp³-hybridized carbons (Fsp3) is 0.500. The average molecular weight is 268 g/mol. The Labute approximate surface area is 99.6 Å². The number of halogens is 6. The van der Waals surface area contributed by atoms with Crippen molar-refractivity contribution in [2.24, 2.45) is 0 Å². The number of alkyl halides is 6. The molecule has 0 bridgehead atoms. The number of hydrogen-bond acceptors (Lipinski definition) is 0. The van der Waals surface area contributed by atoms with Crippen molar-refractivity contribution < 1.29 is 26.3 Å². The maximum absolute atomic E-state index is 12.6. The Hall–Kier alpha value is -1.20. The topological polar surface area (TPSA) is 0 Å². The molecule has 0 amide bonds. The van der Waals surface area contributed by atoms with Crippen LogP contribution in [0.5, 0.6) is 0 Å². The molecule has 0 heterocycles. The molecule has 0 spiro atoms. The SMILES string of the molecule is CC1(c2cc(C(F)(F)F)cc(C(F)(F)F)c2)CC1. The van der Waals surface area contributed by atoms with Crippen molar-refractivity contribution in [3.8, 4) is 0 Å². The molecule has 0 N–H and O–H groups in total. The van der Waals surface area contributed by atoms with Gasteiger partial charge in [0.25, 0.3) is 0 Å². The third-order valence-corrected chi connectivity index (χ3v) is 3.28. The van der Waals surface area contributed by atoms with E-state index in [1.807, 2.05) is 0 Å². The van der Waals surface area contributed by atoms with Gasteiger partial charge in [-0.25, -0.2) is 0 Å². The number of rotatable bonds is 1. The summed E-state index contributed by atoms with van der Waals surface area (Å²) in [6, 6.07) is 1.81. The molecule has 1 aliphatic carbocycles. The van der Waals surface area contributed by atoms with Gasteiger partial charge in [-0.1, -0.05) is 6.92 Å². The first-order chi connectivity index (χ1) is 8.02. The Morgan fingerprint density at radius 2 is 1.22 bits per heavy atom. The molecule has 0 radical (unpaired) electrons. The third-order valence-electron chi connectivity index (χ3n) is 3.28. The molecule has 2 rings (SSSR count). The fourth-order valence-electron chi connectivity index (χ4n) is 1.78. The molecule has 1 saturated carbocycles. The summed E-state index contributed by atoms with van der Waals surface area (Å²) in [6.45, 7) is 1.67. The van der Waals surface area contributed by atoms with Gasteiger partial charge < -0.3 is 0 Å². The first kappa shape index (κ1) is 13.2. The van der Waals surface area contributed by atoms with Crippen LogP contribution in [0.3, 0.4) is 0 Å². The van der Waals surface area contributed by atoms with Gasteiger partial charge in [0.1, 0.15) is 0 Å². The molecular weight excluding hydrogens is 258 g/mol. The van der Waals surface area contributed by atoms with Crippen LogP contribution < -0.4 is 0 Å². The van der Waals surface area contributed by atoms with Crippen molar-refractivity contribution in [3.63, 3.8) is 0 Å². The zero-order valence-electron chi connectivity index (χ0n) is 9.41. The predicted octanol–water partition coefficient (Wildman–Crippen LogP) is 4.78. The lowest BCUT2D eigenvalue weighted by Gasteiger charge is -2.17. The van der Waals surface area contributed by atoms with E-state index in [4.69, 9.17) is 0 Å². The Kier molecular flexibility index (Phi) is 2.68. The Morgan fingerprint density at radius 1 is 0.833 bits per heavy atom. The first-order valence-electron chi connectivity index (χ1n) is 5.32. The zero-order valence-corrected chi connectivity index (χ0v) is 9.41. The molecule has 0 atom stereocenters. The second kappa shape index (κ2) is 3.65. The average Bonchev–Trinajstić information content (AvgIpc) is 2.95. The van der Waals surface area contributed by atoms with Crippen LogP contribution in [0, 0.1) is 0 Å². The monoisotopic (exact) mass is 268 g/mol. The highest BCUT2D eigenvalue weighted by Gasteiger charge is 2.43. The maximum Gasteiger partial charge on any atom is 0.416 e. The van der Waals surface area contributed by atoms with E-state index in [0.29, 0.717) is 12.8 Å². The summed E-state index contributed by atoms with van der Waals surface area (Å²) in [7, 11) is 0. The van der Waals surface area contributed by atoms with E-state index >= 15 is 0 Å². The summed E-state index contributed by atoms with van der Waals surface area (Å²) < 4.78 is 75.5. The van der Waals surface area contributed by atoms with Crippen molar-refractivity contribution in [2.75, 3.05) is 0 Å². The van der Waals surface area contributed by atoms with Crippen LogP contribution in [-0.2, 0) is 17.8 Å². The molecule has 0 unspecified atom stereocenters. The fourth-order valence-corrected chi connectivity index (χ4v) is 1.78. The van der Waals surface area contributed by atoms with Crippen LogP contribution in [0.2, 0.25) is 0 Å². The summed E-state index contributed by atoms with van der Waals surface area (Å²) in [6.07, 6.45) is -8.29. The first-order valence-corrected chi connectivity index (χ1v) is 5.32. The Balaban J connectivity index is 2.56. The van der Waals surface area contributed by atoms with Crippen molar-refractivity contribution in [3.05, 3.63) is 34.9 Å². The predicted molar refractivity (Wildman–Crippen MR) is 53.0 cm³/mol. The van der Waals surface area contributed by atoms with Crippen molar-refractivity contribution in [2.45, 2.75) is 37.5 Å². The van der Waals surface area contributed by atoms with E-state index in [0.717, 1.165) is 12.1 Å². The number of benzene rings is 1. The second-order valence-corrected chi connectivity index (χ2v) is 4.86. The lowest BCUT2D eigenvalue weighted by Crippen LogP contribution is -2.14. The summed E-state index contributed by atoms with van der Waals surface area (Å²) in [4.78, 5) is 0. The molecule has 18 heavy (non-hydrogen) atoms. The molecule has 1 aromatic carbocycles. The molecule has 1 fully saturated rings. The van der Waals surface area contributed by atoms with Crippen molar-refractivity contribution >= 4 is 0 Å². The molecule has 1 aliphatic rings. The maximum atomic E-state index is 12.6. The van der Waals surface area contributed by atoms with Crippen LogP contribution in [0.1, 0.15) is 36.5 Å². The van der Waals surface area contributed by atoms with Crippen molar-refractivity contribution in [1.82, 2.24) is 0 Å². The summed E-state index contributed by atoms with van der Waals surface area (Å²) in [5, 5.41) is 0. The van der Waals surface area contributed by atoms with E-state index in [9.17, 15) is 26.3 Å². The molecular formula is C12H10F6. The Morgan fingerprint density at radius 3 is 1.50 bits per heavy atom. The van der Waals surface area contributed by atoms with Gasteiger partial charge in [0.2, 0.25) is 0 Å². The zero-order chi connectivity index (χ0) is 13.8. The molecule has 6 heteroatoms. The third kappa shape index (κ3) is 2.47. The number of hydrogen-bond donors (Lipinski definition) is 0. The largest absolute Gasteiger partial charge is 0.416 e. The lowest BCUT2D eigenvalue weighted by atomic mass is 9.93. The van der Waals surface area contributed by atoms with Crippen molar-refractivity contribution in [1.29, 1.82) is 0 Å². The van der Waals surface area contributed by atoms with E-state index in [1.54, 1.807) is 6.92 Å². The summed E-state index contributed by atoms with van der Waals surface area (Å²) in [5.41, 5.74) is -2.90. The Bertz CT molecular complexity index is 398. The van der Waals surface area contributed by atoms with Gasteiger partial charge in [-0.05, 0) is 42.0 Å². The molecule has 0 aliphatic heterocycles. The highest BCUT2D eigenvalue weighted by atomic mass is 19.4. The van der Waals surface area contributed by atoms with Crippen LogP contribution in [0.15, 0.2) is 18.2 Å². The van der Waals surface area contributed by atoms with E-state index in [-0.39, 0.29) is 11.6 Å². The van der Waals surface area contributed by atoms with Gasteiger partial charge >= 0.3 is 12.4 Å². The van der Waals surface area contributed by atoms with E-state index in [1.165, 1.54) is 0 Å². The standard InChI is InChI=1S/C12H10F6/c1-10(2-3-10)7-4-8(11(13,14)15)6-9(5-7)12(16,17)18/h4-6H,2-3H2,1H3. The molecule has 0 saturated heterocycles. The molecule has 0 aromatic heterocycles. The quantitative estimate of drug-likeness (QED) is 0.643. The van der Waals surface area contributed by atoms with Gasteiger partial charge in [0, 0.05) is 0 Å². The van der Waals surface area contributed by atoms with Gasteiger partial charge in [0.15, 0.2) is 0 Å². The smallest absolute Gasteiger partial charge is 0.166 e. The highest BCUT2D eigenvalue weighted by molar-refractivity contribution is 5.39. The van der Waals surface area contributed by atoms with Gasteiger partial charge in [0.05, 0.1) is 11.1 Å². The summed E-state index contributed by atoms with van der Waals surface area (Å²) in [5.74, 6) is 0. The molecule has 0 nitrogen and oxygen atoms in total. The summed E-state index contributed by atoms with van der Waals surface area (Å²) >= 11 is 0. The minimum atomic E-state index is -4.76. The lowest BCUT2D eigenvalue weighted by molar-refractivity contribution is -0.143. The van der Waals surface area contributed by atoms with Crippen LogP contribution in [-0.4, -0.2) is 0 Å². The normalized spacial score (nSPS) is 18.8. The molecule has 1 aromatic rings. The highest BCUT2D eigenvalue weighted by Crippen LogP contribution is 2.49. The minimum absolute atomic E-state index is 0.115. The van der Waals surface area contributed by atoms with Gasteiger partial charge in [-0.3, -0.25) is 0 Å². The molecule has 100 valence electrons. The van der Waals surface area contributed by atoms with Crippen LogP contribution in [0.25, 0.3) is 0 Å². The van der Waals surface area contributed by atoms with Gasteiger partial charge in [-0.2, -0.15) is 26.3 Å². The van der Waals surface area contributed by atoms with Crippen LogP contribution in [0.4, 0.5) is 26.3 Å². The van der Waals surface area contributed by atoms with E-state index in [2.05, 4.69) is 0 Å². The second-order valence-electron chi connectivity index (χ2n) is 4.86. The van der Waals surface area contributed by atoms with E-state index < -0.39 is 28.9 Å². The van der Waals surface area contributed by atoms with Crippen LogP contribution >= 0.6 is 0 Å². The van der Waals surface area contributed by atoms with Gasteiger partial charge in [-0.15, -0.1) is 0 Å².